The monoisotopic (exact) mass is 352 g/mol. The van der Waals surface area contributed by atoms with Crippen molar-refractivity contribution in [2.24, 2.45) is 0 Å². The lowest BCUT2D eigenvalue weighted by Crippen LogP contribution is -2.12. The summed E-state index contributed by atoms with van der Waals surface area (Å²) in [6.45, 7) is 0. The lowest BCUT2D eigenvalue weighted by atomic mass is 10.2. The predicted octanol–water partition coefficient (Wildman–Crippen LogP) is 3.37. The van der Waals surface area contributed by atoms with Gasteiger partial charge in [0.05, 0.1) is 4.92 Å². The second-order valence-electron chi connectivity index (χ2n) is 3.79. The summed E-state index contributed by atoms with van der Waals surface area (Å²) in [5.41, 5.74) is -0.651. The highest BCUT2D eigenvalue weighted by Gasteiger charge is 2.35. The molecule has 7 nitrogen and oxygen atoms in total. The summed E-state index contributed by atoms with van der Waals surface area (Å²) in [5, 5.41) is 17.1. The van der Waals surface area contributed by atoms with Crippen molar-refractivity contribution in [2.45, 2.75) is 6.18 Å². The number of benzene rings is 1. The maximum Gasteiger partial charge on any atom is 0.445 e. The number of aromatic nitrogens is 2. The van der Waals surface area contributed by atoms with E-state index in [4.69, 9.17) is 11.6 Å². The van der Waals surface area contributed by atoms with Gasteiger partial charge in [0.2, 0.25) is 10.1 Å². The van der Waals surface area contributed by atoms with Crippen molar-refractivity contribution < 1.29 is 22.9 Å². The molecule has 1 aromatic carbocycles. The maximum absolute atomic E-state index is 12.4. The smallest absolute Gasteiger partial charge is 0.296 e. The SMILES string of the molecule is O=C(Nc1nnc(C(F)(F)F)s1)c1ccc(Cl)c([N+](=O)[O-])c1. The molecular weight excluding hydrogens is 349 g/mol. The van der Waals surface area contributed by atoms with Crippen molar-refractivity contribution in [1.29, 1.82) is 0 Å². The highest BCUT2D eigenvalue weighted by Crippen LogP contribution is 2.33. The highest BCUT2D eigenvalue weighted by atomic mass is 35.5. The van der Waals surface area contributed by atoms with E-state index in [1.807, 2.05) is 0 Å². The standard InChI is InChI=1S/C10H4ClF3N4O3S/c11-5-2-1-4(3-6(5)18(20)21)7(19)15-9-17-16-8(22-9)10(12,13)14/h1-3H,(H,15,17,19). The average molecular weight is 353 g/mol. The summed E-state index contributed by atoms with van der Waals surface area (Å²) in [7, 11) is 0. The van der Waals surface area contributed by atoms with Gasteiger partial charge in [0.1, 0.15) is 5.02 Å². The van der Waals surface area contributed by atoms with Crippen LogP contribution in [-0.2, 0) is 6.18 Å². The minimum atomic E-state index is -4.67. The van der Waals surface area contributed by atoms with Crippen LogP contribution in [0.2, 0.25) is 5.02 Å². The van der Waals surface area contributed by atoms with Crippen molar-refractivity contribution in [3.05, 3.63) is 43.9 Å². The number of carbonyl (C=O) groups is 1. The van der Waals surface area contributed by atoms with Crippen molar-refractivity contribution in [2.75, 3.05) is 5.32 Å². The molecule has 0 atom stereocenters. The summed E-state index contributed by atoms with van der Waals surface area (Å²) >= 11 is 5.73. The third-order valence-corrected chi connectivity index (χ3v) is 3.50. The van der Waals surface area contributed by atoms with Crippen LogP contribution in [-0.4, -0.2) is 21.0 Å². The van der Waals surface area contributed by atoms with Crippen LogP contribution in [0.3, 0.4) is 0 Å². The number of nitrogens with zero attached hydrogens (tertiary/aromatic N) is 3. The molecule has 0 bridgehead atoms. The number of hydrogen-bond donors (Lipinski definition) is 1. The molecule has 0 aliphatic rings. The molecule has 12 heteroatoms. The van der Waals surface area contributed by atoms with Crippen molar-refractivity contribution >= 4 is 39.7 Å². The molecule has 1 N–H and O–H groups in total. The summed E-state index contributed by atoms with van der Waals surface area (Å²) in [6.07, 6.45) is -4.67. The fraction of sp³-hybridized carbons (Fsp3) is 0.100. The van der Waals surface area contributed by atoms with E-state index < -0.39 is 27.7 Å². The van der Waals surface area contributed by atoms with Gasteiger partial charge in [-0.05, 0) is 12.1 Å². The summed E-state index contributed by atoms with van der Waals surface area (Å²) < 4.78 is 37.1. The number of amides is 1. The molecule has 22 heavy (non-hydrogen) atoms. The molecule has 0 aliphatic carbocycles. The fourth-order valence-electron chi connectivity index (χ4n) is 1.35. The van der Waals surface area contributed by atoms with Gasteiger partial charge >= 0.3 is 6.18 Å². The first-order valence-electron chi connectivity index (χ1n) is 5.34. The van der Waals surface area contributed by atoms with Crippen molar-refractivity contribution in [1.82, 2.24) is 10.2 Å². The van der Waals surface area contributed by atoms with Crippen molar-refractivity contribution in [3.63, 3.8) is 0 Å². The van der Waals surface area contributed by atoms with Gasteiger partial charge in [-0.1, -0.05) is 22.9 Å². The predicted molar refractivity (Wildman–Crippen MR) is 71.0 cm³/mol. The molecule has 1 heterocycles. The largest absolute Gasteiger partial charge is 0.445 e. The highest BCUT2D eigenvalue weighted by molar-refractivity contribution is 7.15. The van der Waals surface area contributed by atoms with E-state index in [-0.39, 0.29) is 27.1 Å². The quantitative estimate of drug-likeness (QED) is 0.674. The van der Waals surface area contributed by atoms with E-state index in [9.17, 15) is 28.1 Å². The Kier molecular flexibility index (Phi) is 4.28. The van der Waals surface area contributed by atoms with Gasteiger partial charge in [0, 0.05) is 11.6 Å². The Hall–Kier alpha value is -2.27. The van der Waals surface area contributed by atoms with E-state index in [2.05, 4.69) is 15.5 Å². The second-order valence-corrected chi connectivity index (χ2v) is 5.17. The first kappa shape index (κ1) is 16.1. The fourth-order valence-corrected chi connectivity index (χ4v) is 2.14. The molecular formula is C10H4ClF3N4O3S. The zero-order chi connectivity index (χ0) is 16.5. The van der Waals surface area contributed by atoms with E-state index in [1.54, 1.807) is 0 Å². The molecule has 116 valence electrons. The lowest BCUT2D eigenvalue weighted by Gasteiger charge is -2.02. The van der Waals surface area contributed by atoms with Crippen LogP contribution >= 0.6 is 22.9 Å². The molecule has 0 spiro atoms. The number of anilines is 1. The second kappa shape index (κ2) is 5.85. The number of nitro groups is 1. The number of carbonyl (C=O) groups excluding carboxylic acids is 1. The minimum absolute atomic E-state index is 0.137. The molecule has 0 saturated heterocycles. The van der Waals surface area contributed by atoms with Gasteiger partial charge in [0.25, 0.3) is 11.6 Å². The van der Waals surface area contributed by atoms with Crippen LogP contribution in [0.1, 0.15) is 15.4 Å². The number of nitrogens with one attached hydrogen (secondary N) is 1. The van der Waals surface area contributed by atoms with Crippen molar-refractivity contribution in [3.8, 4) is 0 Å². The maximum atomic E-state index is 12.4. The third-order valence-electron chi connectivity index (χ3n) is 2.29. The van der Waals surface area contributed by atoms with Crippen LogP contribution < -0.4 is 5.32 Å². The molecule has 1 amide bonds. The van der Waals surface area contributed by atoms with Gasteiger partial charge in [0.15, 0.2) is 0 Å². The Labute approximate surface area is 128 Å². The van der Waals surface area contributed by atoms with Gasteiger partial charge in [-0.3, -0.25) is 20.2 Å². The topological polar surface area (TPSA) is 98.0 Å². The number of hydrogen-bond acceptors (Lipinski definition) is 6. The number of alkyl halides is 3. The van der Waals surface area contributed by atoms with Gasteiger partial charge < -0.3 is 0 Å². The zero-order valence-corrected chi connectivity index (χ0v) is 11.8. The van der Waals surface area contributed by atoms with Crippen LogP contribution in [0, 0.1) is 10.1 Å². The minimum Gasteiger partial charge on any atom is -0.296 e. The summed E-state index contributed by atoms with van der Waals surface area (Å²) in [4.78, 5) is 21.8. The van der Waals surface area contributed by atoms with E-state index in [1.165, 1.54) is 6.07 Å². The summed E-state index contributed by atoms with van der Waals surface area (Å²) in [5.74, 6) is -0.871. The first-order valence-corrected chi connectivity index (χ1v) is 6.54. The van der Waals surface area contributed by atoms with Crippen LogP contribution in [0.4, 0.5) is 24.0 Å². The first-order chi connectivity index (χ1) is 10.2. The molecule has 0 fully saturated rings. The molecule has 0 aliphatic heterocycles. The molecule has 2 rings (SSSR count). The molecule has 0 saturated carbocycles. The van der Waals surface area contributed by atoms with E-state index in [0.29, 0.717) is 0 Å². The Balaban J connectivity index is 2.21. The van der Waals surface area contributed by atoms with Crippen LogP contribution in [0.15, 0.2) is 18.2 Å². The normalized spacial score (nSPS) is 11.3. The van der Waals surface area contributed by atoms with Gasteiger partial charge in [-0.25, -0.2) is 0 Å². The molecule has 1 aromatic heterocycles. The van der Waals surface area contributed by atoms with Gasteiger partial charge in [-0.15, -0.1) is 10.2 Å². The Morgan fingerprint density at radius 2 is 2.05 bits per heavy atom. The zero-order valence-electron chi connectivity index (χ0n) is 10.2. The molecule has 0 radical (unpaired) electrons. The van der Waals surface area contributed by atoms with Gasteiger partial charge in [-0.2, -0.15) is 13.2 Å². The van der Waals surface area contributed by atoms with Crippen LogP contribution in [0.5, 0.6) is 0 Å². The third kappa shape index (κ3) is 3.49. The van der Waals surface area contributed by atoms with E-state index in [0.717, 1.165) is 12.1 Å². The Bertz CT molecular complexity index is 749. The average Bonchev–Trinajstić information content (AvgIpc) is 2.87. The molecule has 2 aromatic rings. The lowest BCUT2D eigenvalue weighted by molar-refractivity contribution is -0.384. The number of halogens is 4. The Morgan fingerprint density at radius 3 is 2.59 bits per heavy atom. The molecule has 0 unspecified atom stereocenters. The number of rotatable bonds is 3. The Morgan fingerprint density at radius 1 is 1.36 bits per heavy atom. The number of nitro benzene ring substituents is 1. The van der Waals surface area contributed by atoms with Crippen LogP contribution in [0.25, 0.3) is 0 Å². The van der Waals surface area contributed by atoms with E-state index >= 15 is 0 Å². The summed E-state index contributed by atoms with van der Waals surface area (Å²) in [6, 6.07) is 3.23.